The summed E-state index contributed by atoms with van der Waals surface area (Å²) in [6.07, 6.45) is 3.75. The van der Waals surface area contributed by atoms with Crippen molar-refractivity contribution in [2.75, 3.05) is 20.8 Å². The van der Waals surface area contributed by atoms with Gasteiger partial charge in [0.05, 0.1) is 14.2 Å². The highest BCUT2D eigenvalue weighted by atomic mass is 32.2. The van der Waals surface area contributed by atoms with Gasteiger partial charge in [-0.25, -0.2) is 13.1 Å². The third-order valence-corrected chi connectivity index (χ3v) is 4.47. The molecule has 114 valence electrons. The fraction of sp³-hybridized carbons (Fsp3) is 0.286. The van der Waals surface area contributed by atoms with Crippen molar-refractivity contribution in [1.82, 2.24) is 9.29 Å². The molecule has 2 aromatic rings. The molecule has 6 nitrogen and oxygen atoms in total. The Morgan fingerprint density at radius 3 is 2.48 bits per heavy atom. The van der Waals surface area contributed by atoms with Crippen LogP contribution in [0.3, 0.4) is 0 Å². The number of nitrogens with zero attached hydrogens (tertiary/aromatic N) is 1. The summed E-state index contributed by atoms with van der Waals surface area (Å²) in [6.45, 7) is 0.843. The molecule has 1 heterocycles. The van der Waals surface area contributed by atoms with Crippen molar-refractivity contribution >= 4 is 10.0 Å². The SMILES string of the molecule is COc1ccc(OC)c(S(=O)(=O)NCCn2cccc2)c1. The van der Waals surface area contributed by atoms with Crippen LogP contribution in [0.4, 0.5) is 0 Å². The standard InChI is InChI=1S/C14H18N2O4S/c1-19-12-5-6-13(20-2)14(11-12)21(17,18)15-7-10-16-8-3-4-9-16/h3-6,8-9,11,15H,7,10H2,1-2H3. The van der Waals surface area contributed by atoms with Gasteiger partial charge in [-0.1, -0.05) is 0 Å². The van der Waals surface area contributed by atoms with Gasteiger partial charge in [-0.3, -0.25) is 0 Å². The second-order valence-corrected chi connectivity index (χ2v) is 6.07. The summed E-state index contributed by atoms with van der Waals surface area (Å²) in [7, 11) is -0.742. The van der Waals surface area contributed by atoms with Gasteiger partial charge in [0.25, 0.3) is 0 Å². The minimum absolute atomic E-state index is 0.0665. The minimum atomic E-state index is -3.66. The van der Waals surface area contributed by atoms with E-state index in [1.807, 2.05) is 29.1 Å². The topological polar surface area (TPSA) is 69.6 Å². The molecule has 0 saturated heterocycles. The Bertz CT molecular complexity index is 681. The first-order valence-electron chi connectivity index (χ1n) is 6.39. The minimum Gasteiger partial charge on any atom is -0.497 e. The van der Waals surface area contributed by atoms with E-state index in [2.05, 4.69) is 4.72 Å². The third kappa shape index (κ3) is 3.77. The lowest BCUT2D eigenvalue weighted by Crippen LogP contribution is -2.27. The summed E-state index contributed by atoms with van der Waals surface area (Å²) in [6, 6.07) is 8.44. The molecular weight excluding hydrogens is 292 g/mol. The number of hydrogen-bond acceptors (Lipinski definition) is 4. The maximum Gasteiger partial charge on any atom is 0.244 e. The molecule has 0 aliphatic carbocycles. The van der Waals surface area contributed by atoms with Crippen molar-refractivity contribution in [2.24, 2.45) is 0 Å². The average Bonchev–Trinajstić information content (AvgIpc) is 2.99. The molecule has 1 aromatic heterocycles. The number of hydrogen-bond donors (Lipinski definition) is 1. The lowest BCUT2D eigenvalue weighted by Gasteiger charge is -2.12. The molecule has 1 aromatic carbocycles. The van der Waals surface area contributed by atoms with E-state index in [4.69, 9.17) is 9.47 Å². The lowest BCUT2D eigenvalue weighted by molar-refractivity contribution is 0.392. The Hall–Kier alpha value is -1.99. The predicted octanol–water partition coefficient (Wildman–Crippen LogP) is 1.48. The molecule has 0 bridgehead atoms. The van der Waals surface area contributed by atoms with E-state index in [9.17, 15) is 8.42 Å². The number of methoxy groups -OCH3 is 2. The highest BCUT2D eigenvalue weighted by molar-refractivity contribution is 7.89. The Morgan fingerprint density at radius 1 is 1.14 bits per heavy atom. The Morgan fingerprint density at radius 2 is 1.86 bits per heavy atom. The highest BCUT2D eigenvalue weighted by Crippen LogP contribution is 2.27. The van der Waals surface area contributed by atoms with Crippen molar-refractivity contribution in [3.63, 3.8) is 0 Å². The van der Waals surface area contributed by atoms with Gasteiger partial charge in [0.1, 0.15) is 16.4 Å². The molecule has 21 heavy (non-hydrogen) atoms. The van der Waals surface area contributed by atoms with E-state index < -0.39 is 10.0 Å². The molecule has 0 atom stereocenters. The van der Waals surface area contributed by atoms with Crippen LogP contribution in [-0.2, 0) is 16.6 Å². The van der Waals surface area contributed by atoms with Crippen LogP contribution in [0.2, 0.25) is 0 Å². The van der Waals surface area contributed by atoms with Gasteiger partial charge in [-0.05, 0) is 24.3 Å². The van der Waals surface area contributed by atoms with Gasteiger partial charge in [0, 0.05) is 31.5 Å². The van der Waals surface area contributed by atoms with E-state index in [-0.39, 0.29) is 17.2 Å². The number of benzene rings is 1. The van der Waals surface area contributed by atoms with Crippen LogP contribution < -0.4 is 14.2 Å². The van der Waals surface area contributed by atoms with Crippen LogP contribution in [0.15, 0.2) is 47.6 Å². The second kappa shape index (κ2) is 6.64. The first-order valence-corrected chi connectivity index (χ1v) is 7.87. The fourth-order valence-corrected chi connectivity index (χ4v) is 3.10. The second-order valence-electron chi connectivity index (χ2n) is 4.34. The van der Waals surface area contributed by atoms with Gasteiger partial charge in [0.15, 0.2) is 0 Å². The highest BCUT2D eigenvalue weighted by Gasteiger charge is 2.20. The molecule has 1 N–H and O–H groups in total. The van der Waals surface area contributed by atoms with Crippen LogP contribution in [0, 0.1) is 0 Å². The van der Waals surface area contributed by atoms with Gasteiger partial charge in [-0.2, -0.15) is 0 Å². The zero-order valence-electron chi connectivity index (χ0n) is 11.9. The molecule has 0 fully saturated rings. The summed E-state index contributed by atoms with van der Waals surface area (Å²) < 4.78 is 39.3. The summed E-state index contributed by atoms with van der Waals surface area (Å²) in [5.41, 5.74) is 0. The molecule has 0 unspecified atom stereocenters. The van der Waals surface area contributed by atoms with Gasteiger partial charge in [0.2, 0.25) is 10.0 Å². The van der Waals surface area contributed by atoms with Crippen LogP contribution in [-0.4, -0.2) is 33.7 Å². The Labute approximate surface area is 124 Å². The molecule has 0 aliphatic heterocycles. The molecule has 0 aliphatic rings. The first-order chi connectivity index (χ1) is 10.1. The number of ether oxygens (including phenoxy) is 2. The number of rotatable bonds is 7. The van der Waals surface area contributed by atoms with E-state index in [1.54, 1.807) is 12.1 Å². The number of aromatic nitrogens is 1. The molecule has 2 rings (SSSR count). The van der Waals surface area contributed by atoms with Crippen molar-refractivity contribution in [1.29, 1.82) is 0 Å². The maximum atomic E-state index is 12.4. The quantitative estimate of drug-likeness (QED) is 0.841. The van der Waals surface area contributed by atoms with Crippen LogP contribution in [0.25, 0.3) is 0 Å². The zero-order valence-corrected chi connectivity index (χ0v) is 12.8. The summed E-state index contributed by atoms with van der Waals surface area (Å²) in [4.78, 5) is 0.0665. The molecule has 0 saturated carbocycles. The van der Waals surface area contributed by atoms with Crippen molar-refractivity contribution in [2.45, 2.75) is 11.4 Å². The van der Waals surface area contributed by atoms with Crippen LogP contribution in [0.1, 0.15) is 0 Å². The largest absolute Gasteiger partial charge is 0.497 e. The Balaban J connectivity index is 2.14. The van der Waals surface area contributed by atoms with E-state index in [0.29, 0.717) is 12.3 Å². The van der Waals surface area contributed by atoms with E-state index in [0.717, 1.165) is 0 Å². The third-order valence-electron chi connectivity index (χ3n) is 2.99. The maximum absolute atomic E-state index is 12.4. The first kappa shape index (κ1) is 15.4. The van der Waals surface area contributed by atoms with Crippen LogP contribution >= 0.6 is 0 Å². The Kier molecular flexibility index (Phi) is 4.87. The van der Waals surface area contributed by atoms with Gasteiger partial charge in [-0.15, -0.1) is 0 Å². The number of sulfonamides is 1. The zero-order chi connectivity index (χ0) is 15.3. The molecule has 7 heteroatoms. The smallest absolute Gasteiger partial charge is 0.244 e. The van der Waals surface area contributed by atoms with E-state index >= 15 is 0 Å². The monoisotopic (exact) mass is 310 g/mol. The lowest BCUT2D eigenvalue weighted by atomic mass is 10.3. The molecule has 0 radical (unpaired) electrons. The van der Waals surface area contributed by atoms with Crippen molar-refractivity contribution in [3.8, 4) is 11.5 Å². The average molecular weight is 310 g/mol. The predicted molar refractivity (Wildman–Crippen MR) is 79.2 cm³/mol. The van der Waals surface area contributed by atoms with E-state index in [1.165, 1.54) is 20.3 Å². The summed E-state index contributed by atoms with van der Waals surface area (Å²) in [5, 5.41) is 0. The normalized spacial score (nSPS) is 11.3. The summed E-state index contributed by atoms with van der Waals surface area (Å²) >= 11 is 0. The van der Waals surface area contributed by atoms with Crippen molar-refractivity contribution in [3.05, 3.63) is 42.7 Å². The van der Waals surface area contributed by atoms with Crippen molar-refractivity contribution < 1.29 is 17.9 Å². The van der Waals surface area contributed by atoms with Gasteiger partial charge < -0.3 is 14.0 Å². The molecule has 0 amide bonds. The number of nitrogens with one attached hydrogen (secondary N) is 1. The molecule has 0 spiro atoms. The van der Waals surface area contributed by atoms with Gasteiger partial charge >= 0.3 is 0 Å². The van der Waals surface area contributed by atoms with Crippen LogP contribution in [0.5, 0.6) is 11.5 Å². The summed E-state index contributed by atoms with van der Waals surface area (Å²) in [5.74, 6) is 0.742. The molecular formula is C14H18N2O4S. The fourth-order valence-electron chi connectivity index (χ4n) is 1.90.